The van der Waals surface area contributed by atoms with Gasteiger partial charge in [-0.1, -0.05) is 6.92 Å². The first-order valence-electron chi connectivity index (χ1n) is 9.88. The van der Waals surface area contributed by atoms with Gasteiger partial charge >= 0.3 is 6.09 Å². The molecule has 2 N–H and O–H groups in total. The molecule has 0 aromatic carbocycles. The maximum Gasteiger partial charge on any atom is 0.409 e. The largest absolute Gasteiger partial charge is 0.450 e. The van der Waals surface area contributed by atoms with Gasteiger partial charge in [-0.3, -0.25) is 9.89 Å². The summed E-state index contributed by atoms with van der Waals surface area (Å²) in [6.07, 6.45) is 4.18. The average Bonchev–Trinajstić information content (AvgIpc) is 3.08. The highest BCUT2D eigenvalue weighted by molar-refractivity contribution is 5.80. The van der Waals surface area contributed by atoms with Crippen LogP contribution in [0.4, 0.5) is 4.79 Å². The van der Waals surface area contributed by atoms with E-state index in [4.69, 9.17) is 9.73 Å². The van der Waals surface area contributed by atoms with Crippen LogP contribution in [0.1, 0.15) is 46.5 Å². The zero-order valence-corrected chi connectivity index (χ0v) is 16.1. The number of rotatable bonds is 6. The minimum absolute atomic E-state index is 0.192. The number of carbonyl (C=O) groups is 1. The molecule has 144 valence electrons. The topological polar surface area (TPSA) is 69.2 Å². The van der Waals surface area contributed by atoms with Crippen LogP contribution in [0.15, 0.2) is 4.99 Å². The van der Waals surface area contributed by atoms with Crippen LogP contribution in [0.5, 0.6) is 0 Å². The van der Waals surface area contributed by atoms with Crippen LogP contribution in [0.2, 0.25) is 0 Å². The Balaban J connectivity index is 1.81. The molecule has 0 radical (unpaired) electrons. The van der Waals surface area contributed by atoms with Crippen molar-refractivity contribution in [2.75, 3.05) is 45.9 Å². The van der Waals surface area contributed by atoms with Crippen molar-refractivity contribution >= 4 is 12.1 Å². The third-order valence-electron chi connectivity index (χ3n) is 5.07. The SMILES string of the molecule is CCNC(=NCC1CCCN1CC)NC1CCN(C(=O)OCC)CC1. The van der Waals surface area contributed by atoms with E-state index in [9.17, 15) is 4.79 Å². The molecule has 2 aliphatic rings. The molecule has 7 nitrogen and oxygen atoms in total. The van der Waals surface area contributed by atoms with Crippen molar-refractivity contribution in [3.05, 3.63) is 0 Å². The summed E-state index contributed by atoms with van der Waals surface area (Å²) in [7, 11) is 0. The van der Waals surface area contributed by atoms with E-state index >= 15 is 0 Å². The lowest BCUT2D eigenvalue weighted by Crippen LogP contribution is -2.50. The van der Waals surface area contributed by atoms with Gasteiger partial charge in [0.15, 0.2) is 5.96 Å². The second-order valence-electron chi connectivity index (χ2n) is 6.75. The number of amides is 1. The average molecular weight is 354 g/mol. The molecule has 1 unspecified atom stereocenters. The highest BCUT2D eigenvalue weighted by Gasteiger charge is 2.25. The predicted molar refractivity (Wildman–Crippen MR) is 101 cm³/mol. The molecule has 0 aromatic rings. The van der Waals surface area contributed by atoms with Crippen molar-refractivity contribution in [2.24, 2.45) is 4.99 Å². The van der Waals surface area contributed by atoms with E-state index in [0.717, 1.165) is 51.5 Å². The molecule has 2 aliphatic heterocycles. The second-order valence-corrected chi connectivity index (χ2v) is 6.75. The van der Waals surface area contributed by atoms with Crippen molar-refractivity contribution in [3.63, 3.8) is 0 Å². The Labute approximate surface area is 152 Å². The number of hydrogen-bond acceptors (Lipinski definition) is 4. The van der Waals surface area contributed by atoms with Crippen LogP contribution in [-0.4, -0.2) is 79.8 Å². The van der Waals surface area contributed by atoms with E-state index in [-0.39, 0.29) is 6.09 Å². The number of ether oxygens (including phenoxy) is 1. The van der Waals surface area contributed by atoms with Gasteiger partial charge in [0.05, 0.1) is 13.2 Å². The van der Waals surface area contributed by atoms with E-state index in [1.54, 1.807) is 4.90 Å². The van der Waals surface area contributed by atoms with Crippen molar-refractivity contribution in [1.29, 1.82) is 0 Å². The number of likely N-dealkylation sites (tertiary alicyclic amines) is 2. The first kappa shape index (κ1) is 19.8. The number of hydrogen-bond donors (Lipinski definition) is 2. The summed E-state index contributed by atoms with van der Waals surface area (Å²) in [6, 6.07) is 0.931. The van der Waals surface area contributed by atoms with Gasteiger partial charge in [-0.25, -0.2) is 4.79 Å². The molecule has 2 heterocycles. The fourth-order valence-corrected chi connectivity index (χ4v) is 3.65. The lowest BCUT2D eigenvalue weighted by atomic mass is 10.1. The standard InChI is InChI=1S/C18H35N5O2/c1-4-19-17(20-14-16-8-7-11-22(16)5-2)21-15-9-12-23(13-10-15)18(24)25-6-3/h15-16H,4-14H2,1-3H3,(H2,19,20,21). The Morgan fingerprint density at radius 2 is 1.92 bits per heavy atom. The Hall–Kier alpha value is -1.50. The number of piperidine rings is 1. The van der Waals surface area contributed by atoms with Gasteiger partial charge < -0.3 is 20.3 Å². The van der Waals surface area contributed by atoms with Crippen LogP contribution in [0.25, 0.3) is 0 Å². The maximum absolute atomic E-state index is 11.8. The number of guanidine groups is 1. The predicted octanol–water partition coefficient (Wildman–Crippen LogP) is 1.65. The molecule has 2 rings (SSSR count). The Morgan fingerprint density at radius 3 is 2.56 bits per heavy atom. The monoisotopic (exact) mass is 353 g/mol. The summed E-state index contributed by atoms with van der Waals surface area (Å²) in [4.78, 5) is 20.9. The van der Waals surface area contributed by atoms with Crippen molar-refractivity contribution in [2.45, 2.75) is 58.5 Å². The van der Waals surface area contributed by atoms with Crippen LogP contribution in [0.3, 0.4) is 0 Å². The van der Waals surface area contributed by atoms with Gasteiger partial charge in [-0.2, -0.15) is 0 Å². The summed E-state index contributed by atoms with van der Waals surface area (Å²) in [5.74, 6) is 0.903. The molecule has 1 atom stereocenters. The highest BCUT2D eigenvalue weighted by atomic mass is 16.6. The summed E-state index contributed by atoms with van der Waals surface area (Å²) in [5.41, 5.74) is 0. The summed E-state index contributed by atoms with van der Waals surface area (Å²) >= 11 is 0. The number of nitrogens with zero attached hydrogens (tertiary/aromatic N) is 3. The lowest BCUT2D eigenvalue weighted by molar-refractivity contribution is 0.0963. The quantitative estimate of drug-likeness (QED) is 0.561. The molecule has 0 spiro atoms. The molecular formula is C18H35N5O2. The molecule has 0 aliphatic carbocycles. The molecule has 0 aromatic heterocycles. The molecule has 25 heavy (non-hydrogen) atoms. The smallest absolute Gasteiger partial charge is 0.409 e. The van der Waals surface area contributed by atoms with Crippen LogP contribution in [0, 0.1) is 0 Å². The number of nitrogens with one attached hydrogen (secondary N) is 2. The molecular weight excluding hydrogens is 318 g/mol. The lowest BCUT2D eigenvalue weighted by Gasteiger charge is -2.32. The third-order valence-corrected chi connectivity index (χ3v) is 5.07. The summed E-state index contributed by atoms with van der Waals surface area (Å²) in [5, 5.41) is 6.90. The Bertz CT molecular complexity index is 435. The maximum atomic E-state index is 11.8. The minimum Gasteiger partial charge on any atom is -0.450 e. The van der Waals surface area contributed by atoms with Gasteiger partial charge in [0.1, 0.15) is 0 Å². The Morgan fingerprint density at radius 1 is 1.16 bits per heavy atom. The minimum atomic E-state index is -0.192. The van der Waals surface area contributed by atoms with Crippen molar-refractivity contribution in [3.8, 4) is 0 Å². The molecule has 0 bridgehead atoms. The number of carbonyl (C=O) groups excluding carboxylic acids is 1. The third kappa shape index (κ3) is 6.06. The Kier molecular flexibility index (Phi) is 8.31. The zero-order chi connectivity index (χ0) is 18.1. The first-order chi connectivity index (χ1) is 12.2. The van der Waals surface area contributed by atoms with Gasteiger partial charge in [0.25, 0.3) is 0 Å². The second kappa shape index (κ2) is 10.5. The summed E-state index contributed by atoms with van der Waals surface area (Å²) in [6.45, 7) is 12.1. The normalized spacial score (nSPS) is 22.9. The van der Waals surface area contributed by atoms with Crippen LogP contribution >= 0.6 is 0 Å². The molecule has 1 amide bonds. The molecule has 7 heteroatoms. The highest BCUT2D eigenvalue weighted by Crippen LogP contribution is 2.16. The van der Waals surface area contributed by atoms with Gasteiger partial charge in [0.2, 0.25) is 0 Å². The van der Waals surface area contributed by atoms with E-state index in [1.807, 2.05) is 6.92 Å². The first-order valence-corrected chi connectivity index (χ1v) is 9.88. The van der Waals surface area contributed by atoms with Crippen molar-refractivity contribution < 1.29 is 9.53 Å². The molecule has 2 saturated heterocycles. The van der Waals surface area contributed by atoms with Crippen molar-refractivity contribution in [1.82, 2.24) is 20.4 Å². The number of aliphatic imine (C=N–C) groups is 1. The fourth-order valence-electron chi connectivity index (χ4n) is 3.65. The van der Waals surface area contributed by atoms with E-state index < -0.39 is 0 Å². The summed E-state index contributed by atoms with van der Waals surface area (Å²) < 4.78 is 5.08. The van der Waals surface area contributed by atoms with Gasteiger partial charge in [0, 0.05) is 31.7 Å². The molecule has 0 saturated carbocycles. The molecule has 2 fully saturated rings. The zero-order valence-electron chi connectivity index (χ0n) is 16.1. The van der Waals surface area contributed by atoms with Crippen LogP contribution in [-0.2, 0) is 4.74 Å². The van der Waals surface area contributed by atoms with E-state index in [2.05, 4.69) is 29.4 Å². The van der Waals surface area contributed by atoms with Gasteiger partial charge in [-0.05, 0) is 52.6 Å². The fraction of sp³-hybridized carbons (Fsp3) is 0.889. The van der Waals surface area contributed by atoms with Crippen LogP contribution < -0.4 is 10.6 Å². The number of likely N-dealkylation sites (N-methyl/N-ethyl adjacent to an activating group) is 1. The van der Waals surface area contributed by atoms with E-state index in [1.165, 1.54) is 19.4 Å². The van der Waals surface area contributed by atoms with E-state index in [0.29, 0.717) is 18.7 Å². The van der Waals surface area contributed by atoms with Gasteiger partial charge in [-0.15, -0.1) is 0 Å².